The molecule has 1 aliphatic heterocycles. The minimum Gasteiger partial charge on any atom is -0.399 e. The fourth-order valence-corrected chi connectivity index (χ4v) is 2.58. The van der Waals surface area contributed by atoms with E-state index in [4.69, 9.17) is 5.73 Å². The lowest BCUT2D eigenvalue weighted by Gasteiger charge is -2.22. The summed E-state index contributed by atoms with van der Waals surface area (Å²) >= 11 is 2.05. The number of rotatable bonds is 1. The van der Waals surface area contributed by atoms with E-state index in [1.54, 1.807) is 0 Å². The van der Waals surface area contributed by atoms with Crippen molar-refractivity contribution in [2.24, 2.45) is 0 Å². The molecule has 14 heavy (non-hydrogen) atoms. The van der Waals surface area contributed by atoms with Crippen molar-refractivity contribution in [2.45, 2.75) is 6.42 Å². The summed E-state index contributed by atoms with van der Waals surface area (Å²) in [4.78, 5) is 2.44. The maximum absolute atomic E-state index is 5.66. The second kappa shape index (κ2) is 4.60. The Morgan fingerprint density at radius 3 is 2.64 bits per heavy atom. The van der Waals surface area contributed by atoms with Crippen LogP contribution in [0.3, 0.4) is 0 Å². The van der Waals surface area contributed by atoms with Crippen molar-refractivity contribution in [3.05, 3.63) is 24.3 Å². The highest BCUT2D eigenvalue weighted by atomic mass is 32.2. The molecule has 0 saturated carbocycles. The molecule has 1 saturated heterocycles. The second-order valence-corrected chi connectivity index (χ2v) is 4.77. The van der Waals surface area contributed by atoms with Crippen LogP contribution in [0.15, 0.2) is 24.3 Å². The van der Waals surface area contributed by atoms with Crippen molar-refractivity contribution >= 4 is 23.1 Å². The molecule has 1 aliphatic rings. The number of nitrogen functional groups attached to an aromatic ring is 1. The quantitative estimate of drug-likeness (QED) is 0.717. The zero-order chi connectivity index (χ0) is 9.80. The highest BCUT2D eigenvalue weighted by Crippen LogP contribution is 2.19. The largest absolute Gasteiger partial charge is 0.399 e. The Balaban J connectivity index is 2.08. The fourth-order valence-electron chi connectivity index (χ4n) is 1.69. The third-order valence-corrected chi connectivity index (χ3v) is 3.53. The summed E-state index contributed by atoms with van der Waals surface area (Å²) in [7, 11) is 0. The Bertz CT molecular complexity index is 276. The van der Waals surface area contributed by atoms with Gasteiger partial charge < -0.3 is 10.6 Å². The lowest BCUT2D eigenvalue weighted by Crippen LogP contribution is -2.25. The Hall–Kier alpha value is -0.830. The minimum atomic E-state index is 0.845. The van der Waals surface area contributed by atoms with E-state index in [0.29, 0.717) is 0 Å². The molecule has 0 spiro atoms. The Morgan fingerprint density at radius 1 is 1.07 bits per heavy atom. The third-order valence-electron chi connectivity index (χ3n) is 2.48. The lowest BCUT2D eigenvalue weighted by atomic mass is 10.2. The van der Waals surface area contributed by atoms with E-state index >= 15 is 0 Å². The molecule has 2 nitrogen and oxygen atoms in total. The van der Waals surface area contributed by atoms with Gasteiger partial charge in [0.1, 0.15) is 0 Å². The Labute approximate surface area is 89.5 Å². The molecule has 0 atom stereocenters. The number of hydrogen-bond acceptors (Lipinski definition) is 3. The lowest BCUT2D eigenvalue weighted by molar-refractivity contribution is 0.816. The molecule has 0 radical (unpaired) electrons. The highest BCUT2D eigenvalue weighted by molar-refractivity contribution is 7.99. The van der Waals surface area contributed by atoms with Crippen molar-refractivity contribution in [1.29, 1.82) is 0 Å². The fraction of sp³-hybridized carbons (Fsp3) is 0.455. The van der Waals surface area contributed by atoms with Crippen molar-refractivity contribution in [2.75, 3.05) is 35.2 Å². The van der Waals surface area contributed by atoms with Gasteiger partial charge in [0.15, 0.2) is 0 Å². The molecule has 3 heteroatoms. The summed E-state index contributed by atoms with van der Waals surface area (Å²) < 4.78 is 0. The van der Waals surface area contributed by atoms with Gasteiger partial charge in [-0.05, 0) is 36.4 Å². The molecule has 1 aromatic rings. The first kappa shape index (κ1) is 9.71. The van der Waals surface area contributed by atoms with Crippen molar-refractivity contribution in [3.8, 4) is 0 Å². The predicted molar refractivity (Wildman–Crippen MR) is 65.0 cm³/mol. The van der Waals surface area contributed by atoms with E-state index in [1.165, 1.54) is 30.2 Å². The van der Waals surface area contributed by atoms with E-state index in [2.05, 4.69) is 28.8 Å². The molecule has 1 fully saturated rings. The van der Waals surface area contributed by atoms with E-state index in [9.17, 15) is 0 Å². The van der Waals surface area contributed by atoms with Gasteiger partial charge in [0, 0.05) is 30.2 Å². The number of hydrogen-bond donors (Lipinski definition) is 1. The van der Waals surface area contributed by atoms with Crippen LogP contribution in [0.4, 0.5) is 11.4 Å². The Morgan fingerprint density at radius 2 is 1.86 bits per heavy atom. The van der Waals surface area contributed by atoms with Crippen LogP contribution < -0.4 is 10.6 Å². The van der Waals surface area contributed by atoms with E-state index in [-0.39, 0.29) is 0 Å². The van der Waals surface area contributed by atoms with Gasteiger partial charge in [-0.25, -0.2) is 0 Å². The topological polar surface area (TPSA) is 29.3 Å². The molecule has 0 aromatic heterocycles. The monoisotopic (exact) mass is 208 g/mol. The van der Waals surface area contributed by atoms with Crippen LogP contribution in [0.25, 0.3) is 0 Å². The van der Waals surface area contributed by atoms with E-state index in [0.717, 1.165) is 12.2 Å². The minimum absolute atomic E-state index is 0.845. The molecule has 0 unspecified atom stereocenters. The standard InChI is InChI=1S/C11H16N2S/c12-10-2-4-11(5-3-10)13-6-1-8-14-9-7-13/h2-5H,1,6-9,12H2. The van der Waals surface area contributed by atoms with Gasteiger partial charge in [0.25, 0.3) is 0 Å². The summed E-state index contributed by atoms with van der Waals surface area (Å²) in [5.41, 5.74) is 7.82. The molecule has 76 valence electrons. The molecule has 0 bridgehead atoms. The molecular formula is C11H16N2S. The molecule has 1 aromatic carbocycles. The second-order valence-electron chi connectivity index (χ2n) is 3.54. The van der Waals surface area contributed by atoms with Crippen LogP contribution in [0.5, 0.6) is 0 Å². The molecule has 2 N–H and O–H groups in total. The van der Waals surface area contributed by atoms with Crippen molar-refractivity contribution in [3.63, 3.8) is 0 Å². The van der Waals surface area contributed by atoms with Crippen LogP contribution in [0, 0.1) is 0 Å². The summed E-state index contributed by atoms with van der Waals surface area (Å²) in [6, 6.07) is 8.19. The van der Waals surface area contributed by atoms with Crippen LogP contribution in [-0.2, 0) is 0 Å². The van der Waals surface area contributed by atoms with Gasteiger partial charge in [-0.15, -0.1) is 0 Å². The highest BCUT2D eigenvalue weighted by Gasteiger charge is 2.09. The maximum Gasteiger partial charge on any atom is 0.0367 e. The van der Waals surface area contributed by atoms with Gasteiger partial charge >= 0.3 is 0 Å². The first-order chi connectivity index (χ1) is 6.86. The van der Waals surface area contributed by atoms with Gasteiger partial charge in [-0.1, -0.05) is 0 Å². The Kier molecular flexibility index (Phi) is 3.19. The number of benzene rings is 1. The normalized spacial score (nSPS) is 17.9. The molecule has 0 aliphatic carbocycles. The number of nitrogens with two attached hydrogens (primary N) is 1. The smallest absolute Gasteiger partial charge is 0.0367 e. The summed E-state index contributed by atoms with van der Waals surface area (Å²) in [6.45, 7) is 2.34. The van der Waals surface area contributed by atoms with Crippen LogP contribution >= 0.6 is 11.8 Å². The zero-order valence-corrected chi connectivity index (χ0v) is 9.09. The van der Waals surface area contributed by atoms with Gasteiger partial charge in [0.2, 0.25) is 0 Å². The number of thioether (sulfide) groups is 1. The van der Waals surface area contributed by atoms with Crippen LogP contribution in [0.2, 0.25) is 0 Å². The summed E-state index contributed by atoms with van der Waals surface area (Å²) in [5.74, 6) is 2.54. The summed E-state index contributed by atoms with van der Waals surface area (Å²) in [5, 5.41) is 0. The van der Waals surface area contributed by atoms with Crippen LogP contribution in [0.1, 0.15) is 6.42 Å². The molecule has 2 rings (SSSR count). The average molecular weight is 208 g/mol. The molecule has 0 amide bonds. The first-order valence-electron chi connectivity index (χ1n) is 5.04. The maximum atomic E-state index is 5.66. The first-order valence-corrected chi connectivity index (χ1v) is 6.20. The molecular weight excluding hydrogens is 192 g/mol. The SMILES string of the molecule is Nc1ccc(N2CCCSCC2)cc1. The van der Waals surface area contributed by atoms with Crippen molar-refractivity contribution < 1.29 is 0 Å². The zero-order valence-electron chi connectivity index (χ0n) is 8.28. The number of anilines is 2. The van der Waals surface area contributed by atoms with E-state index in [1.807, 2.05) is 12.1 Å². The molecule has 1 heterocycles. The van der Waals surface area contributed by atoms with Crippen LogP contribution in [-0.4, -0.2) is 24.6 Å². The van der Waals surface area contributed by atoms with Gasteiger partial charge in [-0.3, -0.25) is 0 Å². The third kappa shape index (κ3) is 2.35. The number of nitrogens with zero attached hydrogens (tertiary/aromatic N) is 1. The predicted octanol–water partition coefficient (Wildman–Crippen LogP) is 2.21. The van der Waals surface area contributed by atoms with Gasteiger partial charge in [0.05, 0.1) is 0 Å². The van der Waals surface area contributed by atoms with Gasteiger partial charge in [-0.2, -0.15) is 11.8 Å². The average Bonchev–Trinajstić information content (AvgIpc) is 2.47. The van der Waals surface area contributed by atoms with Crippen molar-refractivity contribution in [1.82, 2.24) is 0 Å². The summed E-state index contributed by atoms with van der Waals surface area (Å²) in [6.07, 6.45) is 1.29. The van der Waals surface area contributed by atoms with E-state index < -0.39 is 0 Å².